The molecule has 0 radical (unpaired) electrons. The largest absolute Gasteiger partial charge is 0.691 e. The van der Waals surface area contributed by atoms with Gasteiger partial charge in [-0.15, -0.1) is 0 Å². The Morgan fingerprint density at radius 2 is 0.957 bits per heavy atom. The van der Waals surface area contributed by atoms with Crippen molar-refractivity contribution in [2.24, 2.45) is 0 Å². The Kier molecular flexibility index (Phi) is 10.7. The van der Waals surface area contributed by atoms with Crippen LogP contribution in [0.15, 0.2) is 144 Å². The Morgan fingerprint density at radius 3 is 1.33 bits per heavy atom. The number of carbonyl (C=O) groups is 2. The van der Waals surface area contributed by atoms with Crippen molar-refractivity contribution in [3.05, 3.63) is 173 Å². The molecule has 0 spiro atoms. The average Bonchev–Trinajstić information content (AvgIpc) is 3.08. The number of carbonyl (C=O) groups excluding carboxylic acids is 2. The van der Waals surface area contributed by atoms with Crippen LogP contribution in [0.1, 0.15) is 56.8 Å². The Morgan fingerprint density at radius 1 is 0.587 bits per heavy atom. The van der Waals surface area contributed by atoms with Gasteiger partial charge in [-0.25, -0.2) is 9.59 Å². The van der Waals surface area contributed by atoms with E-state index in [0.29, 0.717) is 24.9 Å². The number of rotatable bonds is 13. The molecule has 46 heavy (non-hydrogen) atoms. The van der Waals surface area contributed by atoms with Gasteiger partial charge in [-0.1, -0.05) is 121 Å². The molecule has 8 heteroatoms. The fourth-order valence-electron chi connectivity index (χ4n) is 5.41. The van der Waals surface area contributed by atoms with Gasteiger partial charge in [0, 0.05) is 17.7 Å². The van der Waals surface area contributed by atoms with Gasteiger partial charge in [0.2, 0.25) is 0 Å². The minimum absolute atomic E-state index is 0.0751. The average molecular weight is 634 g/mol. The van der Waals surface area contributed by atoms with Crippen molar-refractivity contribution < 1.29 is 33.7 Å². The predicted molar refractivity (Wildman–Crippen MR) is 173 cm³/mol. The van der Waals surface area contributed by atoms with Crippen molar-refractivity contribution in [2.75, 3.05) is 0 Å². The smallest absolute Gasteiger partial charge is 0.339 e. The lowest BCUT2D eigenvalue weighted by Crippen LogP contribution is -2.32. The second kappa shape index (κ2) is 15.0. The van der Waals surface area contributed by atoms with E-state index in [1.54, 1.807) is 0 Å². The summed E-state index contributed by atoms with van der Waals surface area (Å²) < 4.78 is 17.0. The number of ether oxygens (including phenoxy) is 2. The molecule has 0 saturated carbocycles. The van der Waals surface area contributed by atoms with Crippen LogP contribution >= 0.6 is 12.0 Å². The summed E-state index contributed by atoms with van der Waals surface area (Å²) in [5.74, 6) is -1.34. The number of esters is 2. The molecule has 7 nitrogen and oxygen atoms in total. The predicted octanol–water partition coefficient (Wildman–Crippen LogP) is 7.55. The topological polar surface area (TPSA) is 94.1 Å². The van der Waals surface area contributed by atoms with E-state index in [-0.39, 0.29) is 16.0 Å². The molecule has 5 rings (SSSR count). The van der Waals surface area contributed by atoms with Gasteiger partial charge in [0.15, 0.2) is 0 Å². The van der Waals surface area contributed by atoms with Gasteiger partial charge in [-0.05, 0) is 54.3 Å². The Balaban J connectivity index is 1.47. The van der Waals surface area contributed by atoms with Crippen molar-refractivity contribution in [1.29, 1.82) is 0 Å². The first-order valence-corrected chi connectivity index (χ1v) is 15.5. The van der Waals surface area contributed by atoms with Gasteiger partial charge in [-0.3, -0.25) is 5.04 Å². The van der Waals surface area contributed by atoms with E-state index in [4.69, 9.17) is 9.47 Å². The third-order valence-electron chi connectivity index (χ3n) is 7.71. The zero-order valence-electron chi connectivity index (χ0n) is 25.5. The number of benzene rings is 5. The monoisotopic (exact) mass is 633 g/mol. The number of hydrogen-bond donors (Lipinski definition) is 0. The van der Waals surface area contributed by atoms with E-state index in [1.807, 2.05) is 135 Å². The molecule has 0 aliphatic rings. The van der Waals surface area contributed by atoms with Gasteiger partial charge < -0.3 is 14.7 Å². The van der Waals surface area contributed by atoms with Crippen LogP contribution in [0.2, 0.25) is 0 Å². The van der Waals surface area contributed by atoms with Crippen molar-refractivity contribution in [1.82, 2.24) is 0 Å². The highest BCUT2D eigenvalue weighted by Crippen LogP contribution is 2.34. The van der Waals surface area contributed by atoms with Crippen LogP contribution in [-0.2, 0) is 42.9 Å². The fourth-order valence-corrected chi connectivity index (χ4v) is 5.87. The maximum atomic E-state index is 13.9. The first kappa shape index (κ1) is 32.7. The second-order valence-corrected chi connectivity index (χ2v) is 12.0. The minimum atomic E-state index is -1.04. The summed E-state index contributed by atoms with van der Waals surface area (Å²) in [4.78, 5) is 28.0. The first-order chi connectivity index (χ1) is 22.3. The lowest BCUT2D eigenvalue weighted by molar-refractivity contribution is -0.777. The number of hydrogen-bond acceptors (Lipinski definition) is 8. The molecular weight excluding hydrogens is 600 g/mol. The molecule has 5 aromatic rings. The molecule has 0 fully saturated rings. The van der Waals surface area contributed by atoms with Crippen LogP contribution in [0.4, 0.5) is 0 Å². The van der Waals surface area contributed by atoms with Crippen LogP contribution in [0.25, 0.3) is 0 Å². The van der Waals surface area contributed by atoms with E-state index < -0.39 is 23.1 Å². The molecule has 2 unspecified atom stereocenters. The van der Waals surface area contributed by atoms with Crippen LogP contribution in [0, 0.1) is 0 Å². The summed E-state index contributed by atoms with van der Waals surface area (Å²) in [6, 6.07) is 42.8. The molecule has 0 aliphatic carbocycles. The van der Waals surface area contributed by atoms with Gasteiger partial charge in [0.25, 0.3) is 0 Å². The fraction of sp³-hybridized carbons (Fsp3) is 0.158. The molecule has 0 amide bonds. The van der Waals surface area contributed by atoms with Gasteiger partial charge in [0.1, 0.15) is 11.2 Å². The third kappa shape index (κ3) is 8.29. The standard InChI is InChI=1S/C38H34O7S/c1-37(32-19-11-5-12-20-32,26-28-15-7-3-8-16-28)42-35(39)30-23-31(25-34(24-30)46-45-44-41)36(40)43-38(2,33-21-13-6-14-22-33)27-29-17-9-4-10-18-29/h3-25,41H,26-27H2,1-2H3/p-1. The van der Waals surface area contributed by atoms with Gasteiger partial charge in [0.05, 0.1) is 23.2 Å². The molecule has 0 bridgehead atoms. The SMILES string of the molecule is CC(Cc1ccccc1)(OC(=O)c1cc(SOO[O-])cc(C(=O)OC(C)(Cc2ccccc2)c2ccccc2)c1)c1ccccc1. The van der Waals surface area contributed by atoms with Crippen molar-refractivity contribution in [2.45, 2.75) is 42.8 Å². The molecule has 0 aliphatic heterocycles. The first-order valence-electron chi connectivity index (χ1n) is 14.7. The van der Waals surface area contributed by atoms with E-state index in [9.17, 15) is 14.8 Å². The Labute approximate surface area is 272 Å². The van der Waals surface area contributed by atoms with Crippen molar-refractivity contribution in [3.63, 3.8) is 0 Å². The highest BCUT2D eigenvalue weighted by molar-refractivity contribution is 7.94. The maximum Gasteiger partial charge on any atom is 0.339 e. The van der Waals surface area contributed by atoms with Gasteiger partial charge >= 0.3 is 11.9 Å². The molecule has 0 heterocycles. The van der Waals surface area contributed by atoms with Crippen molar-refractivity contribution in [3.8, 4) is 0 Å². The zero-order valence-corrected chi connectivity index (χ0v) is 26.3. The molecule has 2 atom stereocenters. The minimum Gasteiger partial charge on any atom is -0.691 e. The van der Waals surface area contributed by atoms with Gasteiger partial charge in [-0.2, -0.15) is 4.33 Å². The molecule has 5 aromatic carbocycles. The van der Waals surface area contributed by atoms with Crippen LogP contribution in [0.3, 0.4) is 0 Å². The van der Waals surface area contributed by atoms with E-state index in [2.05, 4.69) is 9.37 Å². The highest BCUT2D eigenvalue weighted by Gasteiger charge is 2.34. The maximum absolute atomic E-state index is 13.9. The van der Waals surface area contributed by atoms with Crippen molar-refractivity contribution >= 4 is 24.0 Å². The summed E-state index contributed by atoms with van der Waals surface area (Å²) in [7, 11) is 0. The van der Waals surface area contributed by atoms with Crippen LogP contribution in [-0.4, -0.2) is 11.9 Å². The molecular formula is C38H33O7S-. The molecule has 0 N–H and O–H groups in total. The quantitative estimate of drug-likeness (QED) is 0.0568. The molecule has 0 aromatic heterocycles. The summed E-state index contributed by atoms with van der Waals surface area (Å²) in [5.41, 5.74) is 1.64. The van der Waals surface area contributed by atoms with Crippen LogP contribution in [0.5, 0.6) is 0 Å². The third-order valence-corrected chi connectivity index (χ3v) is 8.26. The summed E-state index contributed by atoms with van der Waals surface area (Å²) in [6.45, 7) is 3.70. The van der Waals surface area contributed by atoms with Crippen LogP contribution < -0.4 is 5.26 Å². The Bertz CT molecular complexity index is 1610. The van der Waals surface area contributed by atoms with E-state index >= 15 is 0 Å². The molecule has 0 saturated heterocycles. The highest BCUT2D eigenvalue weighted by atomic mass is 32.2. The summed E-state index contributed by atoms with van der Waals surface area (Å²) in [6.07, 6.45) is 0.823. The normalized spacial score (nSPS) is 13.6. The van der Waals surface area contributed by atoms with E-state index in [1.165, 1.54) is 18.2 Å². The summed E-state index contributed by atoms with van der Waals surface area (Å²) >= 11 is 0.567. The van der Waals surface area contributed by atoms with E-state index in [0.717, 1.165) is 22.3 Å². The zero-order chi connectivity index (χ0) is 32.4. The lowest BCUT2D eigenvalue weighted by atomic mass is 9.88. The summed E-state index contributed by atoms with van der Waals surface area (Å²) in [5, 5.41) is 14.2. The second-order valence-electron chi connectivity index (χ2n) is 11.3. The molecule has 234 valence electrons. The lowest BCUT2D eigenvalue weighted by Gasteiger charge is -2.31. The Hall–Kier alpha value is -4.73.